The van der Waals surface area contributed by atoms with Gasteiger partial charge in [0.05, 0.1) is 24.1 Å². The van der Waals surface area contributed by atoms with Gasteiger partial charge in [0.25, 0.3) is 0 Å². The number of imidazole rings is 1. The van der Waals surface area contributed by atoms with Crippen LogP contribution in [0.5, 0.6) is 5.88 Å². The molecule has 0 radical (unpaired) electrons. The van der Waals surface area contributed by atoms with Gasteiger partial charge in [0.2, 0.25) is 5.88 Å². The highest BCUT2D eigenvalue weighted by atomic mass is 16.6. The molecule has 1 aliphatic rings. The van der Waals surface area contributed by atoms with Crippen molar-refractivity contribution in [1.29, 1.82) is 5.26 Å². The molecule has 1 amide bonds. The van der Waals surface area contributed by atoms with Crippen molar-refractivity contribution in [3.63, 3.8) is 0 Å². The number of nitrogens with zero attached hydrogens (tertiary/aromatic N) is 9. The molecule has 1 atom stereocenters. The molecule has 4 aromatic rings. The topological polar surface area (TPSA) is 127 Å². The minimum Gasteiger partial charge on any atom is -0.469 e. The van der Waals surface area contributed by atoms with E-state index >= 15 is 0 Å². The predicted molar refractivity (Wildman–Crippen MR) is 160 cm³/mol. The van der Waals surface area contributed by atoms with Gasteiger partial charge < -0.3 is 14.4 Å². The summed E-state index contributed by atoms with van der Waals surface area (Å²) >= 11 is 0. The Balaban J connectivity index is 1.36. The average Bonchev–Trinajstić information content (AvgIpc) is 3.55. The summed E-state index contributed by atoms with van der Waals surface area (Å²) in [6.45, 7) is 17.2. The molecule has 43 heavy (non-hydrogen) atoms. The van der Waals surface area contributed by atoms with Gasteiger partial charge in [-0.15, -0.1) is 5.10 Å². The summed E-state index contributed by atoms with van der Waals surface area (Å²) in [4.78, 5) is 25.5. The van der Waals surface area contributed by atoms with Gasteiger partial charge in [-0.05, 0) is 66.7 Å². The molecule has 1 saturated heterocycles. The number of rotatable bonds is 7. The van der Waals surface area contributed by atoms with Crippen molar-refractivity contribution in [2.45, 2.75) is 72.3 Å². The van der Waals surface area contributed by atoms with Crippen LogP contribution < -0.4 is 4.74 Å². The number of fused-ring (bicyclic) bond motifs is 1. The number of ether oxygens (including phenoxy) is 2. The van der Waals surface area contributed by atoms with Crippen LogP contribution in [0.15, 0.2) is 42.7 Å². The van der Waals surface area contributed by atoms with E-state index in [2.05, 4.69) is 45.1 Å². The molecule has 1 fully saturated rings. The third-order valence-corrected chi connectivity index (χ3v) is 7.67. The molecule has 12 nitrogen and oxygen atoms in total. The van der Waals surface area contributed by atoms with E-state index in [9.17, 15) is 10.1 Å². The smallest absolute Gasteiger partial charge is 0.410 e. The Kier molecular flexibility index (Phi) is 8.12. The molecular weight excluding hydrogens is 546 g/mol. The molecule has 0 bridgehead atoms. The van der Waals surface area contributed by atoms with Crippen molar-refractivity contribution in [2.75, 3.05) is 26.2 Å². The Hall–Kier alpha value is -4.50. The van der Waals surface area contributed by atoms with E-state index in [0.717, 1.165) is 30.0 Å². The fourth-order valence-electron chi connectivity index (χ4n) is 5.30. The summed E-state index contributed by atoms with van der Waals surface area (Å²) < 4.78 is 15.5. The third-order valence-electron chi connectivity index (χ3n) is 7.67. The van der Waals surface area contributed by atoms with Crippen LogP contribution in [0.3, 0.4) is 0 Å². The quantitative estimate of drug-likeness (QED) is 0.305. The highest BCUT2D eigenvalue weighted by Crippen LogP contribution is 2.31. The Morgan fingerprint density at radius 2 is 1.84 bits per heavy atom. The number of hydrogen-bond donors (Lipinski definition) is 0. The van der Waals surface area contributed by atoms with Crippen molar-refractivity contribution < 1.29 is 14.3 Å². The molecule has 5 heterocycles. The number of pyridine rings is 2. The Labute approximate surface area is 251 Å². The molecule has 5 rings (SSSR count). The summed E-state index contributed by atoms with van der Waals surface area (Å²) in [5.74, 6) is 0.469. The average molecular weight is 586 g/mol. The molecule has 226 valence electrons. The first kappa shape index (κ1) is 30.0. The maximum atomic E-state index is 12.5. The zero-order valence-corrected chi connectivity index (χ0v) is 25.9. The summed E-state index contributed by atoms with van der Waals surface area (Å²) in [5, 5.41) is 18.8. The minimum absolute atomic E-state index is 0.239. The maximum Gasteiger partial charge on any atom is 0.410 e. The standard InChI is InChI=1S/C31H39N9O3/c1-21-28(35-36-39(21)20-31(6,7)38-14-12-37(13-15-38)29(41)43-30(3,4)5)23-16-26-34-19-24(18-32)40(26)27(17-23)42-22(2)25-10-8-9-11-33-25/h8-11,16-17,19,22H,12-15,20H2,1-7H3/t22-/m1/s1. The van der Waals surface area contributed by atoms with Gasteiger partial charge in [-0.25, -0.2) is 14.5 Å². The Morgan fingerprint density at radius 1 is 1.09 bits per heavy atom. The number of hydrogen-bond acceptors (Lipinski definition) is 9. The van der Waals surface area contributed by atoms with Crippen molar-refractivity contribution >= 4 is 11.7 Å². The van der Waals surface area contributed by atoms with Gasteiger partial charge in [0.1, 0.15) is 34.8 Å². The highest BCUT2D eigenvalue weighted by Gasteiger charge is 2.34. The molecule has 0 saturated carbocycles. The summed E-state index contributed by atoms with van der Waals surface area (Å²) in [6.07, 6.45) is 2.63. The number of carbonyl (C=O) groups is 1. The van der Waals surface area contributed by atoms with Crippen LogP contribution in [0.2, 0.25) is 0 Å². The second-order valence-electron chi connectivity index (χ2n) is 12.5. The highest BCUT2D eigenvalue weighted by molar-refractivity contribution is 5.69. The SMILES string of the molecule is Cc1c(-c2cc(O[C@H](C)c3ccccn3)n3c(C#N)cnc3c2)nnn1CC(C)(C)N1CCN(C(=O)OC(C)(C)C)CC1. The van der Waals surface area contributed by atoms with Crippen LogP contribution >= 0.6 is 0 Å². The van der Waals surface area contributed by atoms with Crippen LogP contribution in [0.1, 0.15) is 64.7 Å². The zero-order valence-electron chi connectivity index (χ0n) is 25.9. The lowest BCUT2D eigenvalue weighted by Crippen LogP contribution is -2.57. The van der Waals surface area contributed by atoms with Crippen LogP contribution in [0.4, 0.5) is 4.79 Å². The van der Waals surface area contributed by atoms with Gasteiger partial charge in [-0.1, -0.05) is 11.3 Å². The first-order valence-electron chi connectivity index (χ1n) is 14.5. The molecule has 0 N–H and O–H groups in total. The van der Waals surface area contributed by atoms with E-state index in [-0.39, 0.29) is 17.7 Å². The van der Waals surface area contributed by atoms with Crippen LogP contribution in [0.25, 0.3) is 16.9 Å². The molecule has 0 spiro atoms. The van der Waals surface area contributed by atoms with E-state index < -0.39 is 5.60 Å². The second kappa shape index (κ2) is 11.6. The summed E-state index contributed by atoms with van der Waals surface area (Å²) in [6, 6.07) is 11.6. The van der Waals surface area contributed by atoms with Crippen molar-refractivity contribution in [3.05, 3.63) is 59.8 Å². The van der Waals surface area contributed by atoms with Gasteiger partial charge in [0.15, 0.2) is 0 Å². The second-order valence-corrected chi connectivity index (χ2v) is 12.5. The van der Waals surface area contributed by atoms with E-state index in [1.807, 2.05) is 69.6 Å². The normalized spacial score (nSPS) is 15.3. The lowest BCUT2D eigenvalue weighted by atomic mass is 10.0. The number of piperazine rings is 1. The lowest BCUT2D eigenvalue weighted by molar-refractivity contribution is -0.00130. The maximum absolute atomic E-state index is 12.5. The Bertz CT molecular complexity index is 1640. The largest absolute Gasteiger partial charge is 0.469 e. The molecule has 4 aromatic heterocycles. The van der Waals surface area contributed by atoms with E-state index in [0.29, 0.717) is 42.5 Å². The predicted octanol–water partition coefficient (Wildman–Crippen LogP) is 4.64. The molecule has 0 aromatic carbocycles. The van der Waals surface area contributed by atoms with Gasteiger partial charge in [-0.3, -0.25) is 14.3 Å². The number of aromatic nitrogens is 6. The molecule has 0 aliphatic carbocycles. The Morgan fingerprint density at radius 3 is 2.49 bits per heavy atom. The minimum atomic E-state index is -0.514. The van der Waals surface area contributed by atoms with E-state index in [1.54, 1.807) is 15.5 Å². The van der Waals surface area contributed by atoms with Crippen LogP contribution in [-0.4, -0.2) is 82.6 Å². The van der Waals surface area contributed by atoms with Gasteiger partial charge in [0, 0.05) is 49.5 Å². The molecule has 0 unspecified atom stereocenters. The van der Waals surface area contributed by atoms with Crippen LogP contribution in [-0.2, 0) is 11.3 Å². The van der Waals surface area contributed by atoms with Gasteiger partial charge in [-0.2, -0.15) is 5.26 Å². The number of nitriles is 1. The van der Waals surface area contributed by atoms with Gasteiger partial charge >= 0.3 is 6.09 Å². The van der Waals surface area contributed by atoms with E-state index in [4.69, 9.17) is 9.47 Å². The molecule has 1 aliphatic heterocycles. The number of carbonyl (C=O) groups excluding carboxylic acids is 1. The molecule has 12 heteroatoms. The number of amides is 1. The first-order chi connectivity index (χ1) is 20.4. The first-order valence-corrected chi connectivity index (χ1v) is 14.5. The summed E-state index contributed by atoms with van der Waals surface area (Å²) in [7, 11) is 0. The third kappa shape index (κ3) is 6.46. The lowest BCUT2D eigenvalue weighted by Gasteiger charge is -2.44. The fourth-order valence-corrected chi connectivity index (χ4v) is 5.30. The summed E-state index contributed by atoms with van der Waals surface area (Å²) in [5.41, 5.74) is 3.38. The molecular formula is C31H39N9O3. The van der Waals surface area contributed by atoms with E-state index in [1.165, 1.54) is 6.20 Å². The van der Waals surface area contributed by atoms with Crippen molar-refractivity contribution in [3.8, 4) is 23.2 Å². The fraction of sp³-hybridized carbons (Fsp3) is 0.484. The zero-order chi connectivity index (χ0) is 30.9. The van der Waals surface area contributed by atoms with Crippen LogP contribution in [0, 0.1) is 18.3 Å². The van der Waals surface area contributed by atoms with Crippen molar-refractivity contribution in [2.24, 2.45) is 0 Å². The van der Waals surface area contributed by atoms with Crippen molar-refractivity contribution in [1.82, 2.24) is 39.2 Å². The monoisotopic (exact) mass is 585 g/mol.